The minimum Gasteiger partial charge on any atom is -0.310 e. The van der Waals surface area contributed by atoms with Crippen LogP contribution in [0.3, 0.4) is 0 Å². The Bertz CT molecular complexity index is 6630. The van der Waals surface area contributed by atoms with Crippen molar-refractivity contribution in [2.45, 2.75) is 249 Å². The average molecular weight is 1730 g/mol. The van der Waals surface area contributed by atoms with Crippen LogP contribution in [0.1, 0.15) is 253 Å². The van der Waals surface area contributed by atoms with E-state index in [1.807, 2.05) is 0 Å². The maximum absolute atomic E-state index is 2.64. The van der Waals surface area contributed by atoms with E-state index in [1.54, 1.807) is 0 Å². The maximum atomic E-state index is 2.64. The molecule has 0 fully saturated rings. The number of aryl methyl sites for hydroxylation is 10. The Morgan fingerprint density at radius 3 is 0.894 bits per heavy atom. The molecule has 15 aromatic carbocycles. The summed E-state index contributed by atoms with van der Waals surface area (Å²) in [5.74, 6) is 0. The predicted octanol–water partition coefficient (Wildman–Crippen LogP) is 38.0. The number of unbranched alkanes of at least 4 members (excludes halogenated alkanes) is 12. The third-order valence-corrected chi connectivity index (χ3v) is 29.1. The molecule has 0 aromatic heterocycles. The van der Waals surface area contributed by atoms with Gasteiger partial charge in [-0.15, -0.1) is 0 Å². The fourth-order valence-corrected chi connectivity index (χ4v) is 21.8. The molecule has 0 heterocycles. The van der Waals surface area contributed by atoms with Crippen LogP contribution in [0.15, 0.2) is 303 Å². The highest BCUT2D eigenvalue weighted by atomic mass is 15.1. The second-order valence-electron chi connectivity index (χ2n) is 38.7. The molecule has 132 heavy (non-hydrogen) atoms. The van der Waals surface area contributed by atoms with Crippen molar-refractivity contribution in [3.8, 4) is 100 Å². The van der Waals surface area contributed by atoms with Crippen molar-refractivity contribution in [2.24, 2.45) is 0 Å². The second kappa shape index (κ2) is 42.0. The highest BCUT2D eigenvalue weighted by Gasteiger charge is 2.29. The summed E-state index contributed by atoms with van der Waals surface area (Å²) in [6, 6.07) is 113. The number of hydrogen-bond acceptors (Lipinski definition) is 2. The summed E-state index contributed by atoms with van der Waals surface area (Å²) in [6.45, 7) is 23.3. The van der Waals surface area contributed by atoms with E-state index in [2.05, 4.69) is 382 Å². The molecule has 3 aliphatic rings. The van der Waals surface area contributed by atoms with Gasteiger partial charge in [-0.3, -0.25) is 0 Å². The Morgan fingerprint density at radius 2 is 0.538 bits per heavy atom. The van der Waals surface area contributed by atoms with Crippen LogP contribution in [0.25, 0.3) is 116 Å². The lowest BCUT2D eigenvalue weighted by Gasteiger charge is -2.27. The third-order valence-electron chi connectivity index (χ3n) is 29.1. The molecule has 0 bridgehead atoms. The van der Waals surface area contributed by atoms with E-state index in [0.717, 1.165) is 88.4 Å². The molecule has 0 saturated heterocycles. The smallest absolute Gasteiger partial charge is 0.0464 e. The van der Waals surface area contributed by atoms with Gasteiger partial charge in [0.1, 0.15) is 0 Å². The average Bonchev–Trinajstić information content (AvgIpc) is 1.57. The van der Waals surface area contributed by atoms with Crippen molar-refractivity contribution in [3.63, 3.8) is 0 Å². The van der Waals surface area contributed by atoms with Gasteiger partial charge in [0, 0.05) is 34.1 Å². The zero-order valence-electron chi connectivity index (χ0n) is 80.6. The molecule has 0 N–H and O–H groups in total. The summed E-state index contributed by atoms with van der Waals surface area (Å²) in [5, 5.41) is 2.61. The molecule has 666 valence electrons. The summed E-state index contributed by atoms with van der Waals surface area (Å²) >= 11 is 0. The molecule has 0 unspecified atom stereocenters. The van der Waals surface area contributed by atoms with Gasteiger partial charge in [0.25, 0.3) is 0 Å². The van der Waals surface area contributed by atoms with Crippen molar-refractivity contribution in [3.05, 3.63) is 387 Å². The van der Waals surface area contributed by atoms with Gasteiger partial charge in [0.2, 0.25) is 0 Å². The quantitative estimate of drug-likeness (QED) is 0.0356. The molecule has 3 aliphatic carbocycles. The summed E-state index contributed by atoms with van der Waals surface area (Å²) in [6.07, 6.45) is 39.5. The van der Waals surface area contributed by atoms with Gasteiger partial charge in [-0.2, -0.15) is 0 Å². The summed E-state index contributed by atoms with van der Waals surface area (Å²) in [7, 11) is 0. The Balaban J connectivity index is 0.673. The van der Waals surface area contributed by atoms with Crippen molar-refractivity contribution >= 4 is 50.5 Å². The summed E-state index contributed by atoms with van der Waals surface area (Å²) in [4.78, 5) is 5.06. The molecular weight excluding hydrogens is 1590 g/mol. The lowest BCUT2D eigenvalue weighted by atomic mass is 9.84. The summed E-state index contributed by atoms with van der Waals surface area (Å²) < 4.78 is 0. The van der Waals surface area contributed by atoms with Crippen molar-refractivity contribution in [1.82, 2.24) is 0 Å². The molecule has 2 heteroatoms. The number of hydrogen-bond donors (Lipinski definition) is 0. The van der Waals surface area contributed by atoms with E-state index in [1.165, 1.54) is 325 Å². The fraction of sp³-hybridized carbons (Fsp3) is 0.292. The first-order valence-electron chi connectivity index (χ1n) is 50.8. The van der Waals surface area contributed by atoms with E-state index in [-0.39, 0.29) is 0 Å². The molecule has 0 radical (unpaired) electrons. The number of fused-ring (bicyclic) bond motifs is 7. The van der Waals surface area contributed by atoms with E-state index in [4.69, 9.17) is 0 Å². The Kier molecular flexibility index (Phi) is 28.7. The molecule has 2 nitrogen and oxygen atoms in total. The molecule has 18 rings (SSSR count). The zero-order chi connectivity index (χ0) is 90.6. The number of nitrogens with zero attached hydrogens (tertiary/aromatic N) is 2. The van der Waals surface area contributed by atoms with Crippen LogP contribution in [0.4, 0.5) is 34.1 Å². The lowest BCUT2D eigenvalue weighted by molar-refractivity contribution is 0.664. The van der Waals surface area contributed by atoms with Gasteiger partial charge in [-0.25, -0.2) is 0 Å². The van der Waals surface area contributed by atoms with Crippen LogP contribution < -0.4 is 9.80 Å². The van der Waals surface area contributed by atoms with Gasteiger partial charge < -0.3 is 9.80 Å². The summed E-state index contributed by atoms with van der Waals surface area (Å²) in [5.41, 5.74) is 53.0. The monoisotopic (exact) mass is 1730 g/mol. The minimum atomic E-state index is 0.875. The van der Waals surface area contributed by atoms with Gasteiger partial charge in [0.05, 0.1) is 0 Å². The topological polar surface area (TPSA) is 6.48 Å². The first kappa shape index (κ1) is 90.2. The van der Waals surface area contributed by atoms with E-state index >= 15 is 0 Å². The molecule has 0 atom stereocenters. The third kappa shape index (κ3) is 19.9. The number of allylic oxidation sites excluding steroid dienone is 4. The van der Waals surface area contributed by atoms with Crippen molar-refractivity contribution < 1.29 is 0 Å². The van der Waals surface area contributed by atoms with Gasteiger partial charge >= 0.3 is 0 Å². The highest BCUT2D eigenvalue weighted by molar-refractivity contribution is 5.99. The second-order valence-corrected chi connectivity index (χ2v) is 38.7. The van der Waals surface area contributed by atoms with Crippen LogP contribution in [-0.4, -0.2) is 0 Å². The van der Waals surface area contributed by atoms with Crippen LogP contribution in [0.5, 0.6) is 0 Å². The van der Waals surface area contributed by atoms with Gasteiger partial charge in [0.15, 0.2) is 0 Å². The predicted molar refractivity (Wildman–Crippen MR) is 573 cm³/mol. The van der Waals surface area contributed by atoms with E-state index in [0.29, 0.717) is 0 Å². The first-order chi connectivity index (χ1) is 64.8. The Morgan fingerprint density at radius 1 is 0.220 bits per heavy atom. The normalized spacial score (nSPS) is 12.5. The molecule has 0 spiro atoms. The van der Waals surface area contributed by atoms with Crippen LogP contribution in [0, 0.1) is 27.7 Å². The SMILES string of the molecule is CCCCCCc1cc(-c2ccc(N(c3ccc(-c4ccc(CCC)cc4)cc3)c3ccc4c(c3)Cc3cc5cc6c(cc5cc3-4)Cc3cc(N(c4ccc(-c5ccc(CCC)cc5)cc4)c4ccc(-c5cc(CCCCCC)c(-c7ccc(-c8ccccc8)cc7C)cc5CCCCCC)c(C)c4)ccc3-6)cc2C)c(CCCCCC)cc1-c1ccc(C2=CCCC=C2)cc1C. The molecule has 0 aliphatic heterocycles. The van der Waals surface area contributed by atoms with E-state index < -0.39 is 0 Å². The molecular formula is C130H136N2. The van der Waals surface area contributed by atoms with E-state index in [9.17, 15) is 0 Å². The maximum Gasteiger partial charge on any atom is 0.0464 e. The molecule has 15 aromatic rings. The van der Waals surface area contributed by atoms with Crippen LogP contribution in [-0.2, 0) is 51.4 Å². The largest absolute Gasteiger partial charge is 0.310 e. The number of rotatable bonds is 38. The van der Waals surface area contributed by atoms with Crippen molar-refractivity contribution in [1.29, 1.82) is 0 Å². The molecule has 0 saturated carbocycles. The number of anilines is 6. The lowest BCUT2D eigenvalue weighted by Crippen LogP contribution is -2.11. The van der Waals surface area contributed by atoms with Gasteiger partial charge in [-0.05, 0) is 402 Å². The fourth-order valence-electron chi connectivity index (χ4n) is 21.8. The highest BCUT2D eigenvalue weighted by Crippen LogP contribution is 2.51. The zero-order valence-corrected chi connectivity index (χ0v) is 80.6. The van der Waals surface area contributed by atoms with Crippen molar-refractivity contribution in [2.75, 3.05) is 9.80 Å². The van der Waals surface area contributed by atoms with Gasteiger partial charge in [-0.1, -0.05) is 350 Å². The Labute approximate surface area is 790 Å². The minimum absolute atomic E-state index is 0.875. The first-order valence-corrected chi connectivity index (χ1v) is 50.8. The number of benzene rings is 15. The van der Waals surface area contributed by atoms with Crippen LogP contribution >= 0.6 is 0 Å². The standard InChI is InChI=1S/C130H136N2/c1-11-17-21-27-41-103-85-127(105(43-29-23-19-13-3)83-125(103)119-67-57-101(73-89(119)7)95-37-31-25-32-38-95)121-69-63-115(75-91(121)9)131(113-59-53-99(54-60-113)97-49-45-93(35-15-5)46-50-97)117-65-71-123-111(81-117)79-109-77-107-88-130-110(78-108(107)87-129(109)123)80-112-82-118(66-72-124(112)130)132(114-61-55-100(56-62-114)98-51-47-94(36-16-6)48-52-98)116-64-70-122(92(10)76-116)128-86-104(42-28-22-18-12-2)126(84-106(128)44-30-24-20-14-4)120-68-58-102(74-90(120)8)96-39-33-26-34-40-96/h25,31-33,37-40,45-78,81-88H,11-24,26-30,34-36,41-44,79-80H2,1-10H3. The molecule has 0 amide bonds. The Hall–Kier alpha value is -12.4. The van der Waals surface area contributed by atoms with Crippen LogP contribution in [0.2, 0.25) is 0 Å².